The fourth-order valence-corrected chi connectivity index (χ4v) is 4.75. The Kier molecular flexibility index (Phi) is 4.16. The molecule has 0 saturated carbocycles. The number of nitrogens with zero attached hydrogens (tertiary/aromatic N) is 2. The van der Waals surface area contributed by atoms with Crippen LogP contribution < -0.4 is 19.1 Å². The largest absolute Gasteiger partial charge is 0.472 e. The first kappa shape index (κ1) is 17.7. The van der Waals surface area contributed by atoms with Gasteiger partial charge < -0.3 is 19.1 Å². The molecule has 0 spiro atoms. The lowest BCUT2D eigenvalue weighted by Crippen LogP contribution is -2.52. The molecule has 0 bridgehead atoms. The molecule has 2 aromatic carbocycles. The maximum absolute atomic E-state index is 6.62. The molecule has 0 aromatic heterocycles. The third-order valence-electron chi connectivity index (χ3n) is 6.38. The zero-order valence-electron chi connectivity index (χ0n) is 16.9. The van der Waals surface area contributed by atoms with Crippen LogP contribution in [0.2, 0.25) is 0 Å². The lowest BCUT2D eigenvalue weighted by molar-refractivity contribution is -0.0768. The molecule has 0 N–H and O–H groups in total. The first-order chi connectivity index (χ1) is 13.5. The van der Waals surface area contributed by atoms with Gasteiger partial charge in [0.2, 0.25) is 6.79 Å². The average Bonchev–Trinajstić information content (AvgIpc) is 3.38. The van der Waals surface area contributed by atoms with Crippen LogP contribution in [0.1, 0.15) is 43.2 Å². The van der Waals surface area contributed by atoms with Crippen LogP contribution in [0, 0.1) is 0 Å². The van der Waals surface area contributed by atoms with Crippen molar-refractivity contribution in [2.75, 3.05) is 38.9 Å². The van der Waals surface area contributed by atoms with Gasteiger partial charge in [-0.15, -0.1) is 0 Å². The maximum Gasteiger partial charge on any atom is 0.231 e. The van der Waals surface area contributed by atoms with Gasteiger partial charge in [0, 0.05) is 56.8 Å². The molecule has 3 aliphatic heterocycles. The van der Waals surface area contributed by atoms with Crippen molar-refractivity contribution in [1.29, 1.82) is 0 Å². The topological polar surface area (TPSA) is 34.2 Å². The summed E-state index contributed by atoms with van der Waals surface area (Å²) < 4.78 is 17.9. The minimum absolute atomic E-state index is 0.264. The molecule has 148 valence electrons. The number of benzene rings is 2. The SMILES string of the molecule is CN(C)c1ccc([C@H]2C[C@](C)(N3CCCC3)Oc3cc4c(cc32)OCO4)cc1. The van der Waals surface area contributed by atoms with Crippen molar-refractivity contribution < 1.29 is 14.2 Å². The van der Waals surface area contributed by atoms with Gasteiger partial charge in [0.25, 0.3) is 0 Å². The van der Waals surface area contributed by atoms with Crippen molar-refractivity contribution in [2.45, 2.75) is 37.8 Å². The van der Waals surface area contributed by atoms with Crippen molar-refractivity contribution in [2.24, 2.45) is 0 Å². The highest BCUT2D eigenvalue weighted by molar-refractivity contribution is 5.57. The highest BCUT2D eigenvalue weighted by atomic mass is 16.7. The number of hydrogen-bond acceptors (Lipinski definition) is 5. The van der Waals surface area contributed by atoms with Gasteiger partial charge in [0.15, 0.2) is 17.2 Å². The van der Waals surface area contributed by atoms with Gasteiger partial charge in [-0.3, -0.25) is 4.90 Å². The molecule has 2 atom stereocenters. The third-order valence-corrected chi connectivity index (χ3v) is 6.38. The van der Waals surface area contributed by atoms with Crippen LogP contribution in [0.4, 0.5) is 5.69 Å². The molecule has 5 rings (SSSR count). The summed E-state index contributed by atoms with van der Waals surface area (Å²) in [5, 5.41) is 0. The van der Waals surface area contributed by atoms with Crippen LogP contribution in [0.25, 0.3) is 0 Å². The normalized spacial score (nSPS) is 26.0. The second kappa shape index (κ2) is 6.59. The second-order valence-electron chi connectivity index (χ2n) is 8.46. The van der Waals surface area contributed by atoms with E-state index in [4.69, 9.17) is 14.2 Å². The minimum atomic E-state index is -0.303. The maximum atomic E-state index is 6.62. The van der Waals surface area contributed by atoms with Crippen molar-refractivity contribution in [3.8, 4) is 17.2 Å². The van der Waals surface area contributed by atoms with E-state index in [1.54, 1.807) is 0 Å². The third kappa shape index (κ3) is 2.89. The summed E-state index contributed by atoms with van der Waals surface area (Å²) >= 11 is 0. The van der Waals surface area contributed by atoms with Crippen LogP contribution in [0.15, 0.2) is 36.4 Å². The van der Waals surface area contributed by atoms with Gasteiger partial charge in [0.1, 0.15) is 5.75 Å². The number of likely N-dealkylation sites (tertiary alicyclic amines) is 1. The highest BCUT2D eigenvalue weighted by Crippen LogP contribution is 2.50. The average molecular weight is 380 g/mol. The number of rotatable bonds is 3. The monoisotopic (exact) mass is 380 g/mol. The molecule has 3 aliphatic rings. The summed E-state index contributed by atoms with van der Waals surface area (Å²) in [5.41, 5.74) is 3.42. The number of hydrogen-bond donors (Lipinski definition) is 0. The molecule has 2 aromatic rings. The molecule has 1 saturated heterocycles. The van der Waals surface area contributed by atoms with Gasteiger partial charge >= 0.3 is 0 Å². The van der Waals surface area contributed by atoms with E-state index in [9.17, 15) is 0 Å². The summed E-state index contributed by atoms with van der Waals surface area (Å²) in [6.07, 6.45) is 3.42. The Hall–Kier alpha value is -2.40. The zero-order chi connectivity index (χ0) is 19.3. The van der Waals surface area contributed by atoms with Crippen LogP contribution >= 0.6 is 0 Å². The number of fused-ring (bicyclic) bond motifs is 2. The molecular formula is C23H28N2O3. The van der Waals surface area contributed by atoms with Gasteiger partial charge in [-0.05, 0) is 43.5 Å². The molecule has 0 unspecified atom stereocenters. The molecule has 5 heteroatoms. The molecular weight excluding hydrogens is 352 g/mol. The van der Waals surface area contributed by atoms with Crippen molar-refractivity contribution in [3.05, 3.63) is 47.5 Å². The fourth-order valence-electron chi connectivity index (χ4n) is 4.75. The van der Waals surface area contributed by atoms with E-state index in [-0.39, 0.29) is 18.4 Å². The summed E-state index contributed by atoms with van der Waals surface area (Å²) in [5.74, 6) is 2.79. The van der Waals surface area contributed by atoms with Gasteiger partial charge in [-0.1, -0.05) is 12.1 Å². The second-order valence-corrected chi connectivity index (χ2v) is 8.46. The van der Waals surface area contributed by atoms with Crippen LogP contribution in [0.5, 0.6) is 17.2 Å². The van der Waals surface area contributed by atoms with E-state index in [0.717, 1.165) is 36.8 Å². The van der Waals surface area contributed by atoms with Crippen molar-refractivity contribution in [3.63, 3.8) is 0 Å². The Morgan fingerprint density at radius 1 is 0.964 bits per heavy atom. The van der Waals surface area contributed by atoms with Gasteiger partial charge in [-0.2, -0.15) is 0 Å². The Labute approximate surface area is 166 Å². The highest BCUT2D eigenvalue weighted by Gasteiger charge is 2.44. The van der Waals surface area contributed by atoms with Gasteiger partial charge in [0.05, 0.1) is 0 Å². The van der Waals surface area contributed by atoms with Gasteiger partial charge in [-0.25, -0.2) is 0 Å². The fraction of sp³-hybridized carbons (Fsp3) is 0.478. The van der Waals surface area contributed by atoms with E-state index in [1.165, 1.54) is 29.7 Å². The Balaban J connectivity index is 1.58. The van der Waals surface area contributed by atoms with E-state index in [0.29, 0.717) is 0 Å². The standard InChI is InChI=1S/C23H28N2O3/c1-23(25-10-4-5-11-25)14-19(16-6-8-17(9-7-16)24(2)3)18-12-21-22(27-15-26-21)13-20(18)28-23/h6-9,12-13,19H,4-5,10-11,14-15H2,1-3H3/t19-,23-/m1/s1. The van der Waals surface area contributed by atoms with Crippen LogP contribution in [0.3, 0.4) is 0 Å². The minimum Gasteiger partial charge on any atom is -0.472 e. The van der Waals surface area contributed by atoms with Crippen LogP contribution in [-0.4, -0.2) is 44.6 Å². The first-order valence-corrected chi connectivity index (χ1v) is 10.2. The molecule has 28 heavy (non-hydrogen) atoms. The predicted molar refractivity (Wildman–Crippen MR) is 110 cm³/mol. The van der Waals surface area contributed by atoms with E-state index < -0.39 is 0 Å². The molecule has 5 nitrogen and oxygen atoms in total. The van der Waals surface area contributed by atoms with E-state index in [1.807, 2.05) is 6.07 Å². The quantitative estimate of drug-likeness (QED) is 0.797. The smallest absolute Gasteiger partial charge is 0.231 e. The molecule has 0 radical (unpaired) electrons. The zero-order valence-corrected chi connectivity index (χ0v) is 16.9. The van der Waals surface area contributed by atoms with E-state index >= 15 is 0 Å². The molecule has 0 amide bonds. The predicted octanol–water partition coefficient (Wildman–Crippen LogP) is 4.21. The Morgan fingerprint density at radius 2 is 1.64 bits per heavy atom. The summed E-state index contributed by atoms with van der Waals surface area (Å²) in [6.45, 7) is 4.72. The van der Waals surface area contributed by atoms with Crippen molar-refractivity contribution in [1.82, 2.24) is 4.90 Å². The van der Waals surface area contributed by atoms with Crippen molar-refractivity contribution >= 4 is 5.69 Å². The number of ether oxygens (including phenoxy) is 3. The lowest BCUT2D eigenvalue weighted by atomic mass is 9.81. The number of anilines is 1. The Morgan fingerprint density at radius 3 is 2.32 bits per heavy atom. The summed E-state index contributed by atoms with van der Waals surface area (Å²) in [7, 11) is 4.15. The lowest BCUT2D eigenvalue weighted by Gasteiger charge is -2.45. The summed E-state index contributed by atoms with van der Waals surface area (Å²) in [4.78, 5) is 4.63. The Bertz CT molecular complexity index is 874. The van der Waals surface area contributed by atoms with Crippen LogP contribution in [-0.2, 0) is 0 Å². The first-order valence-electron chi connectivity index (χ1n) is 10.2. The molecule has 0 aliphatic carbocycles. The summed E-state index contributed by atoms with van der Waals surface area (Å²) in [6, 6.07) is 13.0. The molecule has 1 fully saturated rings. The molecule has 3 heterocycles. The van der Waals surface area contributed by atoms with E-state index in [2.05, 4.69) is 61.2 Å².